The van der Waals surface area contributed by atoms with Crippen LogP contribution in [-0.4, -0.2) is 39.9 Å². The van der Waals surface area contributed by atoms with E-state index in [0.717, 1.165) is 11.0 Å². The van der Waals surface area contributed by atoms with Gasteiger partial charge in [-0.05, 0) is 12.5 Å². The van der Waals surface area contributed by atoms with Crippen molar-refractivity contribution < 1.29 is 19.6 Å². The Bertz CT molecular complexity index is 561. The van der Waals surface area contributed by atoms with Crippen LogP contribution in [0.3, 0.4) is 0 Å². The lowest BCUT2D eigenvalue weighted by atomic mass is 10.1. The number of nitro benzene ring substituents is 1. The molecule has 0 aliphatic carbocycles. The van der Waals surface area contributed by atoms with Gasteiger partial charge in [0.25, 0.3) is 5.69 Å². The highest BCUT2D eigenvalue weighted by atomic mass is 35.5. The van der Waals surface area contributed by atoms with Gasteiger partial charge in [0, 0.05) is 19.2 Å². The van der Waals surface area contributed by atoms with Gasteiger partial charge in [0.15, 0.2) is 0 Å². The Morgan fingerprint density at radius 1 is 1.50 bits per heavy atom. The number of carboxylic acid groups (broad SMARTS) is 1. The molecule has 0 bridgehead atoms. The van der Waals surface area contributed by atoms with E-state index in [2.05, 4.69) is 0 Å². The first-order valence-electron chi connectivity index (χ1n) is 5.65. The van der Waals surface area contributed by atoms with Gasteiger partial charge in [0.2, 0.25) is 5.91 Å². The quantitative estimate of drug-likeness (QED) is 0.659. The van der Waals surface area contributed by atoms with Crippen molar-refractivity contribution >= 4 is 29.2 Å². The molecular formula is C12H13ClN2O5. The van der Waals surface area contributed by atoms with Crippen LogP contribution in [0, 0.1) is 10.1 Å². The predicted octanol–water partition coefficient (Wildman–Crippen LogP) is 1.72. The lowest BCUT2D eigenvalue weighted by Crippen LogP contribution is -2.41. The maximum atomic E-state index is 11.9. The molecular weight excluding hydrogens is 288 g/mol. The SMILES string of the molecule is CC(C(=O)O)N(C)C(=O)Cc1ccc([N+](=O)[O-])cc1Cl. The van der Waals surface area contributed by atoms with Crippen LogP contribution in [0.5, 0.6) is 0 Å². The standard InChI is InChI=1S/C12H13ClN2O5/c1-7(12(17)18)14(2)11(16)5-8-3-4-9(15(19)20)6-10(8)13/h3-4,6-7H,5H2,1-2H3,(H,17,18). The minimum Gasteiger partial charge on any atom is -0.480 e. The fourth-order valence-electron chi connectivity index (χ4n) is 1.46. The molecule has 0 heterocycles. The summed E-state index contributed by atoms with van der Waals surface area (Å²) in [6, 6.07) is 2.83. The van der Waals surface area contributed by atoms with Crippen LogP contribution in [0.1, 0.15) is 12.5 Å². The normalized spacial score (nSPS) is 11.8. The largest absolute Gasteiger partial charge is 0.480 e. The molecule has 0 aliphatic rings. The van der Waals surface area contributed by atoms with Gasteiger partial charge in [0.1, 0.15) is 6.04 Å². The van der Waals surface area contributed by atoms with Crippen molar-refractivity contribution in [3.05, 3.63) is 38.9 Å². The summed E-state index contributed by atoms with van der Waals surface area (Å²) in [5.41, 5.74) is 0.241. The van der Waals surface area contributed by atoms with Crippen molar-refractivity contribution in [3.8, 4) is 0 Å². The number of hydrogen-bond acceptors (Lipinski definition) is 4. The summed E-state index contributed by atoms with van der Waals surface area (Å²) in [6.07, 6.45) is -0.120. The molecule has 1 atom stereocenters. The van der Waals surface area contributed by atoms with Crippen LogP contribution in [0.25, 0.3) is 0 Å². The summed E-state index contributed by atoms with van der Waals surface area (Å²) < 4.78 is 0. The number of rotatable bonds is 5. The van der Waals surface area contributed by atoms with Crippen LogP contribution in [-0.2, 0) is 16.0 Å². The van der Waals surface area contributed by atoms with Crippen molar-refractivity contribution in [1.82, 2.24) is 4.90 Å². The van der Waals surface area contributed by atoms with Crippen LogP contribution >= 0.6 is 11.6 Å². The molecule has 0 saturated carbocycles. The molecule has 1 amide bonds. The summed E-state index contributed by atoms with van der Waals surface area (Å²) in [5.74, 6) is -1.55. The molecule has 20 heavy (non-hydrogen) atoms. The van der Waals surface area contributed by atoms with Crippen LogP contribution < -0.4 is 0 Å². The van der Waals surface area contributed by atoms with E-state index >= 15 is 0 Å². The van der Waals surface area contributed by atoms with E-state index in [9.17, 15) is 19.7 Å². The topological polar surface area (TPSA) is 101 Å². The second-order valence-electron chi connectivity index (χ2n) is 4.23. The number of carbonyl (C=O) groups is 2. The molecule has 0 aromatic heterocycles. The zero-order valence-electron chi connectivity index (χ0n) is 10.9. The molecule has 8 heteroatoms. The number of amides is 1. The molecule has 0 fully saturated rings. The van der Waals surface area contributed by atoms with Gasteiger partial charge in [-0.1, -0.05) is 17.7 Å². The monoisotopic (exact) mass is 300 g/mol. The molecule has 108 valence electrons. The first-order valence-corrected chi connectivity index (χ1v) is 6.03. The van der Waals surface area contributed by atoms with E-state index in [4.69, 9.17) is 16.7 Å². The van der Waals surface area contributed by atoms with Crippen molar-refractivity contribution in [2.75, 3.05) is 7.05 Å². The maximum Gasteiger partial charge on any atom is 0.326 e. The van der Waals surface area contributed by atoms with Gasteiger partial charge >= 0.3 is 5.97 Å². The third kappa shape index (κ3) is 3.67. The maximum absolute atomic E-state index is 11.9. The Kier molecular flexibility index (Phi) is 5.04. The molecule has 1 N–H and O–H groups in total. The number of likely N-dealkylation sites (N-methyl/N-ethyl adjacent to an activating group) is 1. The fourth-order valence-corrected chi connectivity index (χ4v) is 1.70. The molecule has 1 aromatic rings. The average Bonchev–Trinajstić information content (AvgIpc) is 2.38. The number of nitrogens with zero attached hydrogens (tertiary/aromatic N) is 2. The van der Waals surface area contributed by atoms with E-state index in [1.807, 2.05) is 0 Å². The van der Waals surface area contributed by atoms with E-state index in [-0.39, 0.29) is 17.1 Å². The Morgan fingerprint density at radius 2 is 2.10 bits per heavy atom. The van der Waals surface area contributed by atoms with Gasteiger partial charge in [-0.15, -0.1) is 0 Å². The van der Waals surface area contributed by atoms with Gasteiger partial charge in [-0.2, -0.15) is 0 Å². The highest BCUT2D eigenvalue weighted by molar-refractivity contribution is 6.31. The van der Waals surface area contributed by atoms with Crippen molar-refractivity contribution in [1.29, 1.82) is 0 Å². The molecule has 0 aliphatic heterocycles. The number of carbonyl (C=O) groups excluding carboxylic acids is 1. The summed E-state index contributed by atoms with van der Waals surface area (Å²) in [7, 11) is 1.38. The fraction of sp³-hybridized carbons (Fsp3) is 0.333. The number of aliphatic carboxylic acids is 1. The summed E-state index contributed by atoms with van der Waals surface area (Å²) in [6.45, 7) is 1.39. The van der Waals surface area contributed by atoms with E-state index in [1.54, 1.807) is 0 Å². The minimum atomic E-state index is -1.12. The summed E-state index contributed by atoms with van der Waals surface area (Å²) in [5, 5.41) is 19.5. The average molecular weight is 301 g/mol. The summed E-state index contributed by atoms with van der Waals surface area (Å²) in [4.78, 5) is 33.8. The lowest BCUT2D eigenvalue weighted by Gasteiger charge is -2.21. The first kappa shape index (κ1) is 15.9. The van der Waals surface area contributed by atoms with Crippen LogP contribution in [0.15, 0.2) is 18.2 Å². The van der Waals surface area contributed by atoms with Gasteiger partial charge < -0.3 is 10.0 Å². The minimum absolute atomic E-state index is 0.101. The van der Waals surface area contributed by atoms with E-state index in [0.29, 0.717) is 5.56 Å². The number of nitro groups is 1. The Labute approximate surface area is 119 Å². The third-order valence-electron chi connectivity index (χ3n) is 2.92. The van der Waals surface area contributed by atoms with E-state index in [1.165, 1.54) is 26.1 Å². The van der Waals surface area contributed by atoms with Gasteiger partial charge in [-0.3, -0.25) is 14.9 Å². The van der Waals surface area contributed by atoms with Crippen molar-refractivity contribution in [2.24, 2.45) is 0 Å². The molecule has 1 aromatic carbocycles. The molecule has 0 radical (unpaired) electrons. The molecule has 0 spiro atoms. The van der Waals surface area contributed by atoms with Crippen molar-refractivity contribution in [3.63, 3.8) is 0 Å². The second kappa shape index (κ2) is 6.33. The zero-order valence-corrected chi connectivity index (χ0v) is 11.6. The number of hydrogen-bond donors (Lipinski definition) is 1. The van der Waals surface area contributed by atoms with Gasteiger partial charge in [-0.25, -0.2) is 4.79 Å². The first-order chi connectivity index (χ1) is 9.23. The number of benzene rings is 1. The van der Waals surface area contributed by atoms with Gasteiger partial charge in [0.05, 0.1) is 16.4 Å². The molecule has 1 rings (SSSR count). The smallest absolute Gasteiger partial charge is 0.326 e. The zero-order chi connectivity index (χ0) is 15.4. The summed E-state index contributed by atoms with van der Waals surface area (Å²) >= 11 is 5.87. The van der Waals surface area contributed by atoms with Crippen LogP contribution in [0.4, 0.5) is 5.69 Å². The van der Waals surface area contributed by atoms with E-state index < -0.39 is 22.8 Å². The molecule has 7 nitrogen and oxygen atoms in total. The predicted molar refractivity (Wildman–Crippen MR) is 71.7 cm³/mol. The number of halogens is 1. The second-order valence-corrected chi connectivity index (χ2v) is 4.64. The molecule has 0 saturated heterocycles. The van der Waals surface area contributed by atoms with Crippen molar-refractivity contribution in [2.45, 2.75) is 19.4 Å². The third-order valence-corrected chi connectivity index (χ3v) is 3.27. The van der Waals surface area contributed by atoms with Crippen LogP contribution in [0.2, 0.25) is 5.02 Å². The Balaban J connectivity index is 2.86. The number of carboxylic acids is 1. The Hall–Kier alpha value is -2.15. The highest BCUT2D eigenvalue weighted by Gasteiger charge is 2.22. The molecule has 1 unspecified atom stereocenters. The highest BCUT2D eigenvalue weighted by Crippen LogP contribution is 2.23. The Morgan fingerprint density at radius 3 is 2.55 bits per heavy atom. The lowest BCUT2D eigenvalue weighted by molar-refractivity contribution is -0.384. The number of non-ortho nitro benzene ring substituents is 1.